The maximum absolute atomic E-state index is 13.2. The molecule has 1 heterocycles. The van der Waals surface area contributed by atoms with E-state index in [2.05, 4.69) is 20.7 Å². The molecular weight excluding hydrogens is 333 g/mol. The standard InChI is InChI=1S/C16H13ClFN5O/c1-10-5-6-14(13(17)7-10)19-15(24)9-23-21-16(20-22-23)11-3-2-4-12(18)8-11/h2-8H,9H2,1H3,(H,19,24). The van der Waals surface area contributed by atoms with Gasteiger partial charge in [0.25, 0.3) is 0 Å². The second-order valence-electron chi connectivity index (χ2n) is 5.19. The molecule has 0 aliphatic rings. The lowest BCUT2D eigenvalue weighted by Gasteiger charge is -2.07. The van der Waals surface area contributed by atoms with Crippen LogP contribution in [0.25, 0.3) is 11.4 Å². The van der Waals surface area contributed by atoms with Crippen molar-refractivity contribution in [3.8, 4) is 11.4 Å². The molecule has 0 bridgehead atoms. The molecule has 0 spiro atoms. The highest BCUT2D eigenvalue weighted by Crippen LogP contribution is 2.22. The van der Waals surface area contributed by atoms with Crippen LogP contribution in [0.5, 0.6) is 0 Å². The third-order valence-corrected chi connectivity index (χ3v) is 3.53. The Bertz CT molecular complexity index is 896. The normalized spacial score (nSPS) is 10.6. The Morgan fingerprint density at radius 1 is 1.29 bits per heavy atom. The van der Waals surface area contributed by atoms with Crippen molar-refractivity contribution in [1.82, 2.24) is 20.2 Å². The fourth-order valence-corrected chi connectivity index (χ4v) is 2.38. The number of rotatable bonds is 4. The van der Waals surface area contributed by atoms with E-state index in [9.17, 15) is 9.18 Å². The Hall–Kier alpha value is -2.80. The number of benzene rings is 2. The van der Waals surface area contributed by atoms with Crippen molar-refractivity contribution < 1.29 is 9.18 Å². The van der Waals surface area contributed by atoms with Gasteiger partial charge < -0.3 is 5.32 Å². The number of hydrogen-bond donors (Lipinski definition) is 1. The van der Waals surface area contributed by atoms with Crippen LogP contribution in [0, 0.1) is 12.7 Å². The highest BCUT2D eigenvalue weighted by atomic mass is 35.5. The molecule has 3 aromatic rings. The number of aryl methyl sites for hydroxylation is 1. The van der Waals surface area contributed by atoms with Crippen LogP contribution >= 0.6 is 11.6 Å². The maximum atomic E-state index is 13.2. The van der Waals surface area contributed by atoms with E-state index in [0.29, 0.717) is 16.3 Å². The molecule has 0 atom stereocenters. The van der Waals surface area contributed by atoms with Crippen LogP contribution in [0.3, 0.4) is 0 Å². The molecule has 24 heavy (non-hydrogen) atoms. The summed E-state index contributed by atoms with van der Waals surface area (Å²) in [4.78, 5) is 13.2. The minimum absolute atomic E-state index is 0.132. The van der Waals surface area contributed by atoms with E-state index in [1.54, 1.807) is 24.3 Å². The average Bonchev–Trinajstić information content (AvgIpc) is 2.98. The number of carbonyl (C=O) groups is 1. The van der Waals surface area contributed by atoms with Crippen molar-refractivity contribution in [3.63, 3.8) is 0 Å². The van der Waals surface area contributed by atoms with Crippen LogP contribution in [-0.4, -0.2) is 26.1 Å². The van der Waals surface area contributed by atoms with E-state index < -0.39 is 5.82 Å². The molecule has 122 valence electrons. The highest BCUT2D eigenvalue weighted by molar-refractivity contribution is 6.33. The second-order valence-corrected chi connectivity index (χ2v) is 5.59. The van der Waals surface area contributed by atoms with E-state index in [4.69, 9.17) is 11.6 Å². The molecule has 0 aliphatic carbocycles. The van der Waals surface area contributed by atoms with Crippen LogP contribution in [0.4, 0.5) is 10.1 Å². The summed E-state index contributed by atoms with van der Waals surface area (Å²) in [6.07, 6.45) is 0. The first-order chi connectivity index (χ1) is 11.5. The summed E-state index contributed by atoms with van der Waals surface area (Å²) in [5.74, 6) is -0.491. The van der Waals surface area contributed by atoms with Crippen LogP contribution in [0.15, 0.2) is 42.5 Å². The Morgan fingerprint density at radius 2 is 2.12 bits per heavy atom. The van der Waals surface area contributed by atoms with Crippen molar-refractivity contribution in [2.24, 2.45) is 0 Å². The monoisotopic (exact) mass is 345 g/mol. The van der Waals surface area contributed by atoms with E-state index in [0.717, 1.165) is 10.4 Å². The van der Waals surface area contributed by atoms with Gasteiger partial charge in [-0.3, -0.25) is 4.79 Å². The third kappa shape index (κ3) is 3.75. The second kappa shape index (κ2) is 6.76. The first-order valence-corrected chi connectivity index (χ1v) is 7.49. The van der Waals surface area contributed by atoms with Gasteiger partial charge in [-0.25, -0.2) is 4.39 Å². The van der Waals surface area contributed by atoms with Crippen LogP contribution < -0.4 is 5.32 Å². The van der Waals surface area contributed by atoms with Gasteiger partial charge in [0.15, 0.2) is 0 Å². The number of amides is 1. The fourth-order valence-electron chi connectivity index (χ4n) is 2.09. The summed E-state index contributed by atoms with van der Waals surface area (Å²) < 4.78 is 13.2. The lowest BCUT2D eigenvalue weighted by atomic mass is 10.2. The number of tetrazole rings is 1. The molecule has 2 aromatic carbocycles. The lowest BCUT2D eigenvalue weighted by Crippen LogP contribution is -2.20. The van der Waals surface area contributed by atoms with Crippen molar-refractivity contribution in [3.05, 3.63) is 58.9 Å². The number of nitrogens with zero attached hydrogens (tertiary/aromatic N) is 4. The minimum atomic E-state index is -0.393. The molecule has 0 aliphatic heterocycles. The molecule has 1 aromatic heterocycles. The number of hydrogen-bond acceptors (Lipinski definition) is 4. The first-order valence-electron chi connectivity index (χ1n) is 7.11. The summed E-state index contributed by atoms with van der Waals surface area (Å²) in [7, 11) is 0. The summed E-state index contributed by atoms with van der Waals surface area (Å²) in [6.45, 7) is 1.78. The number of halogens is 2. The van der Waals surface area contributed by atoms with Crippen LogP contribution in [0.2, 0.25) is 5.02 Å². The van der Waals surface area contributed by atoms with Gasteiger partial charge >= 0.3 is 0 Å². The van der Waals surface area contributed by atoms with Crippen LogP contribution in [0.1, 0.15) is 5.56 Å². The van der Waals surface area contributed by atoms with Gasteiger partial charge in [0.1, 0.15) is 12.4 Å². The third-order valence-electron chi connectivity index (χ3n) is 3.22. The van der Waals surface area contributed by atoms with Gasteiger partial charge in [-0.2, -0.15) is 4.80 Å². The predicted molar refractivity (Wildman–Crippen MR) is 88.0 cm³/mol. The van der Waals surface area contributed by atoms with Gasteiger partial charge in [-0.15, -0.1) is 10.2 Å². The Labute approximate surface area is 142 Å². The van der Waals surface area contributed by atoms with Crippen molar-refractivity contribution in [2.45, 2.75) is 13.5 Å². The largest absolute Gasteiger partial charge is 0.323 e. The zero-order valence-electron chi connectivity index (χ0n) is 12.7. The molecule has 8 heteroatoms. The molecule has 0 fully saturated rings. The molecule has 0 radical (unpaired) electrons. The van der Waals surface area contributed by atoms with E-state index in [1.807, 2.05) is 13.0 Å². The molecule has 1 amide bonds. The topological polar surface area (TPSA) is 72.7 Å². The SMILES string of the molecule is Cc1ccc(NC(=O)Cn2nnc(-c3cccc(F)c3)n2)c(Cl)c1. The fraction of sp³-hybridized carbons (Fsp3) is 0.125. The Morgan fingerprint density at radius 3 is 2.88 bits per heavy atom. The number of aromatic nitrogens is 4. The molecule has 0 saturated heterocycles. The van der Waals surface area contributed by atoms with E-state index >= 15 is 0 Å². The number of anilines is 1. The van der Waals surface area contributed by atoms with E-state index in [-0.39, 0.29) is 18.3 Å². The minimum Gasteiger partial charge on any atom is -0.323 e. The number of carbonyl (C=O) groups excluding carboxylic acids is 1. The van der Waals surface area contributed by atoms with Gasteiger partial charge in [0.05, 0.1) is 10.7 Å². The van der Waals surface area contributed by atoms with E-state index in [1.165, 1.54) is 12.1 Å². The molecule has 6 nitrogen and oxygen atoms in total. The predicted octanol–water partition coefficient (Wildman–Crippen LogP) is 3.08. The summed E-state index contributed by atoms with van der Waals surface area (Å²) in [5.41, 5.74) is 2.00. The zero-order chi connectivity index (χ0) is 17.1. The Balaban J connectivity index is 1.69. The molecule has 0 unspecified atom stereocenters. The number of nitrogens with one attached hydrogen (secondary N) is 1. The summed E-state index contributed by atoms with van der Waals surface area (Å²) >= 11 is 6.07. The quantitative estimate of drug-likeness (QED) is 0.788. The van der Waals surface area contributed by atoms with Crippen molar-refractivity contribution in [1.29, 1.82) is 0 Å². The van der Waals surface area contributed by atoms with Crippen LogP contribution in [-0.2, 0) is 11.3 Å². The average molecular weight is 346 g/mol. The zero-order valence-corrected chi connectivity index (χ0v) is 13.5. The van der Waals surface area contributed by atoms with Crippen molar-refractivity contribution >= 4 is 23.2 Å². The summed E-state index contributed by atoms with van der Waals surface area (Å²) in [6, 6.07) is 11.2. The smallest absolute Gasteiger partial charge is 0.248 e. The Kier molecular flexibility index (Phi) is 4.52. The molecule has 1 N–H and O–H groups in total. The van der Waals surface area contributed by atoms with Gasteiger partial charge in [-0.05, 0) is 42.0 Å². The lowest BCUT2D eigenvalue weighted by molar-refractivity contribution is -0.117. The van der Waals surface area contributed by atoms with Gasteiger partial charge in [-0.1, -0.05) is 29.8 Å². The molecule has 3 rings (SSSR count). The van der Waals surface area contributed by atoms with Crippen molar-refractivity contribution in [2.75, 3.05) is 5.32 Å². The molecule has 0 saturated carbocycles. The first kappa shape index (κ1) is 16.1. The molecular formula is C16H13ClFN5O. The van der Waals surface area contributed by atoms with Gasteiger partial charge in [0.2, 0.25) is 11.7 Å². The summed E-state index contributed by atoms with van der Waals surface area (Å²) in [5, 5.41) is 14.8. The van der Waals surface area contributed by atoms with Gasteiger partial charge in [0, 0.05) is 5.56 Å². The maximum Gasteiger partial charge on any atom is 0.248 e. The highest BCUT2D eigenvalue weighted by Gasteiger charge is 2.11.